The van der Waals surface area contributed by atoms with Crippen molar-refractivity contribution >= 4 is 60.2 Å². The first-order valence-electron chi connectivity index (χ1n) is 13.4. The third kappa shape index (κ3) is 2.83. The van der Waals surface area contributed by atoms with Gasteiger partial charge in [0.15, 0.2) is 0 Å². The average molecular weight is 512 g/mol. The molecule has 9 aromatic rings. The van der Waals surface area contributed by atoms with Crippen LogP contribution in [0.1, 0.15) is 0 Å². The highest BCUT2D eigenvalue weighted by atomic mass is 15.1. The number of imidazole rings is 1. The predicted molar refractivity (Wildman–Crippen MR) is 163 cm³/mol. The van der Waals surface area contributed by atoms with Gasteiger partial charge in [-0.25, -0.2) is 9.97 Å². The fourth-order valence-electron chi connectivity index (χ4n) is 6.32. The summed E-state index contributed by atoms with van der Waals surface area (Å²) in [6, 6.07) is 40.4. The van der Waals surface area contributed by atoms with Crippen molar-refractivity contribution in [3.05, 3.63) is 128 Å². The third-order valence-corrected chi connectivity index (χ3v) is 7.99. The zero-order valence-electron chi connectivity index (χ0n) is 21.4. The minimum atomic E-state index is 0.880. The maximum absolute atomic E-state index is 5.18. The van der Waals surface area contributed by atoms with Crippen LogP contribution in [0, 0.1) is 0 Å². The molecule has 0 spiro atoms. The normalized spacial score (nSPS) is 12.0. The highest BCUT2D eigenvalue weighted by Gasteiger charge is 2.21. The molecular weight excluding hydrogens is 490 g/mol. The van der Waals surface area contributed by atoms with E-state index in [1.807, 2.05) is 24.5 Å². The average Bonchev–Trinajstić information content (AvgIpc) is 3.58. The van der Waals surface area contributed by atoms with E-state index in [4.69, 9.17) is 9.97 Å². The van der Waals surface area contributed by atoms with Gasteiger partial charge in [-0.15, -0.1) is 0 Å². The van der Waals surface area contributed by atoms with Gasteiger partial charge >= 0.3 is 0 Å². The molecule has 0 atom stereocenters. The molecule has 5 nitrogen and oxygen atoms in total. The summed E-state index contributed by atoms with van der Waals surface area (Å²) < 4.78 is 4.62. The molecule has 5 heterocycles. The van der Waals surface area contributed by atoms with Gasteiger partial charge in [-0.1, -0.05) is 60.7 Å². The topological polar surface area (TPSA) is 48.0 Å². The first kappa shape index (κ1) is 21.4. The maximum Gasteiger partial charge on any atom is 0.146 e. The third-order valence-electron chi connectivity index (χ3n) is 7.99. The lowest BCUT2D eigenvalue weighted by molar-refractivity contribution is 1.09. The van der Waals surface area contributed by atoms with E-state index >= 15 is 0 Å². The maximum atomic E-state index is 5.18. The van der Waals surface area contributed by atoms with Crippen molar-refractivity contribution in [2.45, 2.75) is 0 Å². The monoisotopic (exact) mass is 511 g/mol. The number of aromatic nitrogens is 5. The number of benzene rings is 4. The van der Waals surface area contributed by atoms with Gasteiger partial charge in [-0.05, 0) is 54.6 Å². The van der Waals surface area contributed by atoms with Crippen molar-refractivity contribution in [1.82, 2.24) is 23.9 Å². The summed E-state index contributed by atoms with van der Waals surface area (Å²) in [6.07, 6.45) is 3.62. The first-order valence-corrected chi connectivity index (χ1v) is 13.4. The Morgan fingerprint density at radius 1 is 0.500 bits per heavy atom. The molecule has 0 saturated heterocycles. The molecular formula is C35H21N5. The zero-order chi connectivity index (χ0) is 26.2. The van der Waals surface area contributed by atoms with Gasteiger partial charge in [0, 0.05) is 44.9 Å². The van der Waals surface area contributed by atoms with Crippen LogP contribution in [0.25, 0.3) is 77.2 Å². The molecule has 0 saturated carbocycles. The minimum Gasteiger partial charge on any atom is -0.293 e. The molecule has 186 valence electrons. The molecule has 0 amide bonds. The van der Waals surface area contributed by atoms with Crippen LogP contribution < -0.4 is 0 Å². The second kappa shape index (κ2) is 7.98. The Bertz CT molecular complexity index is 2430. The van der Waals surface area contributed by atoms with E-state index in [9.17, 15) is 0 Å². The molecule has 0 aliphatic rings. The second-order valence-electron chi connectivity index (χ2n) is 10.1. The van der Waals surface area contributed by atoms with Crippen LogP contribution in [0.5, 0.6) is 0 Å². The Morgan fingerprint density at radius 2 is 1.23 bits per heavy atom. The Balaban J connectivity index is 1.51. The molecule has 0 N–H and O–H groups in total. The number of hydrogen-bond acceptors (Lipinski definition) is 3. The molecule has 0 aliphatic heterocycles. The van der Waals surface area contributed by atoms with Gasteiger partial charge in [-0.2, -0.15) is 0 Å². The standard InChI is InChI=1S/C35H21N5/c1-4-12-29-23(8-1)24-16-17-26-33(34(24)40(29)32-15-7-11-27(37-32)22-18-20-36-21-19-22)25-9-2-5-13-30(25)39-31-14-6-3-10-28(31)38-35(26)39/h1-21H. The van der Waals surface area contributed by atoms with E-state index in [0.717, 1.165) is 55.7 Å². The summed E-state index contributed by atoms with van der Waals surface area (Å²) in [7, 11) is 0. The van der Waals surface area contributed by atoms with Gasteiger partial charge in [-0.3, -0.25) is 14.0 Å². The van der Waals surface area contributed by atoms with Crippen LogP contribution in [0.2, 0.25) is 0 Å². The molecule has 4 aromatic carbocycles. The number of para-hydroxylation sites is 4. The first-order chi connectivity index (χ1) is 19.9. The summed E-state index contributed by atoms with van der Waals surface area (Å²) in [6.45, 7) is 0. The molecule has 0 aliphatic carbocycles. The number of pyridine rings is 3. The van der Waals surface area contributed by atoms with Gasteiger partial charge in [0.05, 0.1) is 33.3 Å². The van der Waals surface area contributed by atoms with Crippen LogP contribution in [-0.2, 0) is 0 Å². The van der Waals surface area contributed by atoms with Crippen molar-refractivity contribution in [2.24, 2.45) is 0 Å². The molecule has 40 heavy (non-hydrogen) atoms. The highest BCUT2D eigenvalue weighted by molar-refractivity contribution is 6.27. The van der Waals surface area contributed by atoms with Crippen molar-refractivity contribution in [3.63, 3.8) is 0 Å². The van der Waals surface area contributed by atoms with Crippen LogP contribution >= 0.6 is 0 Å². The van der Waals surface area contributed by atoms with E-state index in [1.165, 1.54) is 21.5 Å². The van der Waals surface area contributed by atoms with Crippen molar-refractivity contribution in [1.29, 1.82) is 0 Å². The fraction of sp³-hybridized carbons (Fsp3) is 0. The summed E-state index contributed by atoms with van der Waals surface area (Å²) in [4.78, 5) is 14.5. The summed E-state index contributed by atoms with van der Waals surface area (Å²) in [5, 5.41) is 5.89. The molecule has 0 bridgehead atoms. The summed E-state index contributed by atoms with van der Waals surface area (Å²) in [5.41, 5.74) is 8.44. The zero-order valence-corrected chi connectivity index (χ0v) is 21.4. The largest absolute Gasteiger partial charge is 0.293 e. The van der Waals surface area contributed by atoms with Crippen molar-refractivity contribution in [2.75, 3.05) is 0 Å². The Hall–Kier alpha value is -5.55. The molecule has 0 unspecified atom stereocenters. The Labute approximate surface area is 228 Å². The van der Waals surface area contributed by atoms with Crippen LogP contribution in [-0.4, -0.2) is 23.9 Å². The van der Waals surface area contributed by atoms with Gasteiger partial charge in [0.1, 0.15) is 11.5 Å². The smallest absolute Gasteiger partial charge is 0.146 e. The van der Waals surface area contributed by atoms with Crippen LogP contribution in [0.4, 0.5) is 0 Å². The van der Waals surface area contributed by atoms with Gasteiger partial charge in [0.25, 0.3) is 0 Å². The second-order valence-corrected chi connectivity index (χ2v) is 10.1. The summed E-state index contributed by atoms with van der Waals surface area (Å²) >= 11 is 0. The molecule has 5 aromatic heterocycles. The van der Waals surface area contributed by atoms with Crippen molar-refractivity contribution < 1.29 is 0 Å². The van der Waals surface area contributed by atoms with E-state index < -0.39 is 0 Å². The van der Waals surface area contributed by atoms with Crippen LogP contribution in [0.3, 0.4) is 0 Å². The van der Waals surface area contributed by atoms with Gasteiger partial charge in [0.2, 0.25) is 0 Å². The van der Waals surface area contributed by atoms with Crippen molar-refractivity contribution in [3.8, 4) is 17.1 Å². The minimum absolute atomic E-state index is 0.880. The van der Waals surface area contributed by atoms with E-state index in [1.54, 1.807) is 0 Å². The van der Waals surface area contributed by atoms with Gasteiger partial charge < -0.3 is 0 Å². The number of hydrogen-bond donors (Lipinski definition) is 0. The van der Waals surface area contributed by atoms with Crippen LogP contribution in [0.15, 0.2) is 128 Å². The lowest BCUT2D eigenvalue weighted by Gasteiger charge is -2.13. The quantitative estimate of drug-likeness (QED) is 0.219. The lowest BCUT2D eigenvalue weighted by atomic mass is 10.0. The number of fused-ring (bicyclic) bond motifs is 12. The molecule has 9 rings (SSSR count). The number of rotatable bonds is 2. The predicted octanol–water partition coefficient (Wildman–Crippen LogP) is 8.35. The lowest BCUT2D eigenvalue weighted by Crippen LogP contribution is -2.00. The molecule has 0 fully saturated rings. The molecule has 5 heteroatoms. The number of nitrogens with zero attached hydrogens (tertiary/aromatic N) is 5. The van der Waals surface area contributed by atoms with E-state index in [-0.39, 0.29) is 0 Å². The highest BCUT2D eigenvalue weighted by Crippen LogP contribution is 2.41. The van der Waals surface area contributed by atoms with E-state index in [0.29, 0.717) is 0 Å². The fourth-order valence-corrected chi connectivity index (χ4v) is 6.32. The molecule has 0 radical (unpaired) electrons. The summed E-state index contributed by atoms with van der Waals surface area (Å²) in [5.74, 6) is 0.880. The Morgan fingerprint density at radius 3 is 2.10 bits per heavy atom. The Kier molecular flexibility index (Phi) is 4.27. The SMILES string of the molecule is c1cc(-c2ccncc2)nc(-n2c3ccccc3c3ccc4c(c5ccccc5n5c6ccccc6nc45)c32)c1. The van der Waals surface area contributed by atoms with E-state index in [2.05, 4.69) is 117 Å².